The Morgan fingerprint density at radius 3 is 2.68 bits per heavy atom. The van der Waals surface area contributed by atoms with Crippen LogP contribution in [-0.2, 0) is 11.2 Å². The highest BCUT2D eigenvalue weighted by Gasteiger charge is 2.08. The van der Waals surface area contributed by atoms with Crippen molar-refractivity contribution in [2.24, 2.45) is 0 Å². The summed E-state index contributed by atoms with van der Waals surface area (Å²) in [6.45, 7) is 6.50. The monoisotopic (exact) mass is 264 g/mol. The quantitative estimate of drug-likeness (QED) is 0.590. The van der Waals surface area contributed by atoms with Gasteiger partial charge in [-0.3, -0.25) is 9.48 Å². The summed E-state index contributed by atoms with van der Waals surface area (Å²) >= 11 is 0. The van der Waals surface area contributed by atoms with Gasteiger partial charge in [-0.2, -0.15) is 5.10 Å². The van der Waals surface area contributed by atoms with Gasteiger partial charge in [-0.25, -0.2) is 0 Å². The Morgan fingerprint density at radius 1 is 1.26 bits per heavy atom. The number of hydrogen-bond acceptors (Lipinski definition) is 2. The summed E-state index contributed by atoms with van der Waals surface area (Å²) in [4.78, 5) is 11.8. The lowest BCUT2D eigenvalue weighted by Gasteiger charge is -2.08. The largest absolute Gasteiger partial charge is 0.299 e. The molecule has 108 valence electrons. The second kappa shape index (κ2) is 8.89. The van der Waals surface area contributed by atoms with Gasteiger partial charge in [-0.15, -0.1) is 0 Å². The van der Waals surface area contributed by atoms with Crippen LogP contribution in [0, 0.1) is 0 Å². The number of carbonyl (C=O) groups excluding carboxylic acids is 1. The van der Waals surface area contributed by atoms with Gasteiger partial charge in [0.05, 0.1) is 12.1 Å². The van der Waals surface area contributed by atoms with Crippen LogP contribution in [0.25, 0.3) is 0 Å². The number of Topliss-reactive ketones (excluding diaryl/α,β-unsaturated/α-hetero) is 1. The van der Waals surface area contributed by atoms with Crippen molar-refractivity contribution in [1.82, 2.24) is 9.78 Å². The van der Waals surface area contributed by atoms with Crippen LogP contribution < -0.4 is 0 Å². The zero-order chi connectivity index (χ0) is 14.1. The van der Waals surface area contributed by atoms with Crippen LogP contribution in [-0.4, -0.2) is 15.6 Å². The summed E-state index contributed by atoms with van der Waals surface area (Å²) in [6.07, 6.45) is 10.3. The average Bonchev–Trinajstić information content (AvgIpc) is 2.86. The molecule has 0 aliphatic heterocycles. The maximum atomic E-state index is 11.8. The van der Waals surface area contributed by atoms with Crippen LogP contribution in [0.4, 0.5) is 0 Å². The van der Waals surface area contributed by atoms with E-state index in [1.807, 2.05) is 16.9 Å². The lowest BCUT2D eigenvalue weighted by molar-refractivity contribution is -0.118. The molecule has 1 atom stereocenters. The second-order valence-corrected chi connectivity index (χ2v) is 5.42. The number of unbranched alkanes of at least 4 members (excludes halogenated alkanes) is 4. The minimum absolute atomic E-state index is 0.325. The van der Waals surface area contributed by atoms with E-state index in [-0.39, 0.29) is 0 Å². The van der Waals surface area contributed by atoms with Gasteiger partial charge >= 0.3 is 0 Å². The normalized spacial score (nSPS) is 12.6. The van der Waals surface area contributed by atoms with Crippen molar-refractivity contribution in [3.8, 4) is 0 Å². The van der Waals surface area contributed by atoms with Gasteiger partial charge in [-0.1, -0.05) is 39.5 Å². The zero-order valence-corrected chi connectivity index (χ0v) is 12.7. The number of ketones is 1. The maximum absolute atomic E-state index is 11.8. The fraction of sp³-hybridized carbons (Fsp3) is 0.750. The van der Waals surface area contributed by atoms with E-state index in [1.54, 1.807) is 0 Å². The van der Waals surface area contributed by atoms with E-state index in [4.69, 9.17) is 0 Å². The van der Waals surface area contributed by atoms with Crippen molar-refractivity contribution < 1.29 is 4.79 Å². The van der Waals surface area contributed by atoms with Gasteiger partial charge in [0.2, 0.25) is 0 Å². The van der Waals surface area contributed by atoms with Crippen LogP contribution in [0.15, 0.2) is 12.3 Å². The molecule has 0 radical (unpaired) electrons. The van der Waals surface area contributed by atoms with Crippen molar-refractivity contribution >= 4 is 5.78 Å². The van der Waals surface area contributed by atoms with Crippen LogP contribution in [0.5, 0.6) is 0 Å². The smallest absolute Gasteiger partial charge is 0.138 e. The molecule has 0 saturated carbocycles. The molecule has 1 aromatic rings. The predicted octanol–water partition coefficient (Wildman–Crippen LogP) is 4.33. The first-order valence-corrected chi connectivity index (χ1v) is 7.73. The number of rotatable bonds is 10. The Morgan fingerprint density at radius 2 is 2.00 bits per heavy atom. The van der Waals surface area contributed by atoms with Crippen molar-refractivity contribution in [2.45, 2.75) is 78.2 Å². The van der Waals surface area contributed by atoms with Crippen LogP contribution in [0.2, 0.25) is 0 Å². The molecule has 0 amide bonds. The lowest BCUT2D eigenvalue weighted by Crippen LogP contribution is -2.07. The zero-order valence-electron chi connectivity index (χ0n) is 12.7. The van der Waals surface area contributed by atoms with Crippen LogP contribution in [0.3, 0.4) is 0 Å². The molecule has 19 heavy (non-hydrogen) atoms. The Kier molecular flexibility index (Phi) is 7.46. The molecule has 0 aliphatic carbocycles. The minimum Gasteiger partial charge on any atom is -0.299 e. The minimum atomic E-state index is 0.325. The van der Waals surface area contributed by atoms with E-state index in [0.717, 1.165) is 18.5 Å². The molecule has 0 fully saturated rings. The second-order valence-electron chi connectivity index (χ2n) is 5.42. The molecular weight excluding hydrogens is 236 g/mol. The molecule has 0 bridgehead atoms. The molecule has 3 nitrogen and oxygen atoms in total. The highest BCUT2D eigenvalue weighted by atomic mass is 16.1. The summed E-state index contributed by atoms with van der Waals surface area (Å²) in [5.74, 6) is 0.325. The SMILES string of the molecule is CCCCCCCC(=O)Cc1ccn(C(C)CC)n1. The molecule has 1 rings (SSSR count). The predicted molar refractivity (Wildman–Crippen MR) is 79.3 cm³/mol. The van der Waals surface area contributed by atoms with Crippen LogP contribution in [0.1, 0.15) is 77.5 Å². The number of hydrogen-bond donors (Lipinski definition) is 0. The number of carbonyl (C=O) groups is 1. The van der Waals surface area contributed by atoms with Gasteiger partial charge in [-0.05, 0) is 25.8 Å². The molecule has 0 aromatic carbocycles. The van der Waals surface area contributed by atoms with E-state index in [2.05, 4.69) is 25.9 Å². The Balaban J connectivity index is 2.26. The third-order valence-electron chi connectivity index (χ3n) is 3.64. The summed E-state index contributed by atoms with van der Waals surface area (Å²) in [6, 6.07) is 2.39. The Hall–Kier alpha value is -1.12. The van der Waals surface area contributed by atoms with Crippen molar-refractivity contribution in [1.29, 1.82) is 0 Å². The highest BCUT2D eigenvalue weighted by molar-refractivity contribution is 5.80. The van der Waals surface area contributed by atoms with Crippen molar-refractivity contribution in [3.05, 3.63) is 18.0 Å². The summed E-state index contributed by atoms with van der Waals surface area (Å²) in [5.41, 5.74) is 0.916. The first kappa shape index (κ1) is 15.9. The molecule has 0 spiro atoms. The molecule has 1 heterocycles. The summed E-state index contributed by atoms with van der Waals surface area (Å²) in [7, 11) is 0. The molecule has 0 aliphatic rings. The lowest BCUT2D eigenvalue weighted by atomic mass is 10.1. The fourth-order valence-electron chi connectivity index (χ4n) is 2.12. The maximum Gasteiger partial charge on any atom is 0.138 e. The Bertz CT molecular complexity index is 371. The summed E-state index contributed by atoms with van der Waals surface area (Å²) < 4.78 is 1.96. The molecule has 0 N–H and O–H groups in total. The van der Waals surface area contributed by atoms with Gasteiger partial charge in [0, 0.05) is 18.7 Å². The first-order chi connectivity index (χ1) is 9.17. The van der Waals surface area contributed by atoms with Crippen molar-refractivity contribution in [3.63, 3.8) is 0 Å². The number of nitrogens with zero attached hydrogens (tertiary/aromatic N) is 2. The Labute approximate surface area is 117 Å². The average molecular weight is 264 g/mol. The molecule has 0 saturated heterocycles. The third-order valence-corrected chi connectivity index (χ3v) is 3.64. The van der Waals surface area contributed by atoms with E-state index in [0.29, 0.717) is 24.7 Å². The number of aromatic nitrogens is 2. The van der Waals surface area contributed by atoms with E-state index in [9.17, 15) is 4.79 Å². The fourth-order valence-corrected chi connectivity index (χ4v) is 2.12. The van der Waals surface area contributed by atoms with Crippen molar-refractivity contribution in [2.75, 3.05) is 0 Å². The van der Waals surface area contributed by atoms with Gasteiger partial charge < -0.3 is 0 Å². The van der Waals surface area contributed by atoms with E-state index < -0.39 is 0 Å². The van der Waals surface area contributed by atoms with E-state index >= 15 is 0 Å². The van der Waals surface area contributed by atoms with Gasteiger partial charge in [0.15, 0.2) is 0 Å². The first-order valence-electron chi connectivity index (χ1n) is 7.73. The van der Waals surface area contributed by atoms with Gasteiger partial charge in [0.25, 0.3) is 0 Å². The van der Waals surface area contributed by atoms with Crippen LogP contribution >= 0.6 is 0 Å². The van der Waals surface area contributed by atoms with E-state index in [1.165, 1.54) is 25.7 Å². The molecule has 1 unspecified atom stereocenters. The summed E-state index contributed by atoms with van der Waals surface area (Å²) in [5, 5.41) is 4.47. The molecule has 3 heteroatoms. The topological polar surface area (TPSA) is 34.9 Å². The standard InChI is InChI=1S/C16H28N2O/c1-4-6-7-8-9-10-16(19)13-15-11-12-18(17-15)14(3)5-2/h11-12,14H,4-10,13H2,1-3H3. The molecule has 1 aromatic heterocycles. The highest BCUT2D eigenvalue weighted by Crippen LogP contribution is 2.11. The van der Waals surface area contributed by atoms with Gasteiger partial charge in [0.1, 0.15) is 5.78 Å². The molecular formula is C16H28N2O. The third kappa shape index (κ3) is 6.04.